The fraction of sp³-hybridized carbons (Fsp3) is 0.161. The van der Waals surface area contributed by atoms with Crippen molar-refractivity contribution < 1.29 is 19.4 Å². The molecule has 6 nitrogen and oxygen atoms in total. The Morgan fingerprint density at radius 1 is 0.892 bits per heavy atom. The maximum Gasteiger partial charge on any atom is 0.300 e. The van der Waals surface area contributed by atoms with E-state index in [1.807, 2.05) is 86.6 Å². The van der Waals surface area contributed by atoms with Gasteiger partial charge in [0.2, 0.25) is 0 Å². The molecule has 186 valence electrons. The van der Waals surface area contributed by atoms with Crippen molar-refractivity contribution in [1.82, 2.24) is 0 Å². The highest BCUT2D eigenvalue weighted by Gasteiger charge is 2.47. The minimum atomic E-state index is -0.791. The second kappa shape index (κ2) is 9.82. The van der Waals surface area contributed by atoms with Gasteiger partial charge in [-0.1, -0.05) is 48.5 Å². The zero-order valence-electron chi connectivity index (χ0n) is 21.0. The Kier molecular flexibility index (Phi) is 6.40. The van der Waals surface area contributed by atoms with Crippen molar-refractivity contribution in [2.45, 2.75) is 13.0 Å². The molecule has 37 heavy (non-hydrogen) atoms. The number of fused-ring (bicyclic) bond motifs is 1. The van der Waals surface area contributed by atoms with Crippen LogP contribution in [-0.2, 0) is 9.59 Å². The maximum atomic E-state index is 13.5. The molecule has 6 heteroatoms. The second-order valence-corrected chi connectivity index (χ2v) is 9.14. The average Bonchev–Trinajstić information content (AvgIpc) is 3.18. The largest absolute Gasteiger partial charge is 0.507 e. The summed E-state index contributed by atoms with van der Waals surface area (Å²) < 4.78 is 5.55. The van der Waals surface area contributed by atoms with Crippen molar-refractivity contribution in [2.75, 3.05) is 30.5 Å². The van der Waals surface area contributed by atoms with E-state index < -0.39 is 17.7 Å². The zero-order chi connectivity index (χ0) is 26.1. The Balaban J connectivity index is 1.67. The summed E-state index contributed by atoms with van der Waals surface area (Å²) in [5.74, 6) is -0.931. The lowest BCUT2D eigenvalue weighted by molar-refractivity contribution is -0.132. The first-order valence-corrected chi connectivity index (χ1v) is 12.2. The number of nitrogens with zero attached hydrogens (tertiary/aromatic N) is 2. The summed E-state index contributed by atoms with van der Waals surface area (Å²) in [5.41, 5.74) is 2.80. The number of hydrogen-bond acceptors (Lipinski definition) is 5. The summed E-state index contributed by atoms with van der Waals surface area (Å²) in [6.45, 7) is 2.42. The third-order valence-corrected chi connectivity index (χ3v) is 6.62. The van der Waals surface area contributed by atoms with Crippen LogP contribution < -0.4 is 14.5 Å². The highest BCUT2D eigenvalue weighted by Crippen LogP contribution is 2.43. The topological polar surface area (TPSA) is 70.1 Å². The van der Waals surface area contributed by atoms with Gasteiger partial charge >= 0.3 is 0 Å². The normalized spacial score (nSPS) is 16.8. The molecular weight excluding hydrogens is 464 g/mol. The van der Waals surface area contributed by atoms with Gasteiger partial charge in [0.1, 0.15) is 11.5 Å². The molecule has 4 aromatic carbocycles. The van der Waals surface area contributed by atoms with Crippen LogP contribution in [0.5, 0.6) is 5.75 Å². The smallest absolute Gasteiger partial charge is 0.300 e. The molecule has 0 spiro atoms. The van der Waals surface area contributed by atoms with E-state index >= 15 is 0 Å². The van der Waals surface area contributed by atoms with Crippen molar-refractivity contribution in [3.8, 4) is 5.75 Å². The summed E-state index contributed by atoms with van der Waals surface area (Å²) >= 11 is 0. The highest BCUT2D eigenvalue weighted by molar-refractivity contribution is 6.51. The molecule has 0 aliphatic carbocycles. The van der Waals surface area contributed by atoms with Crippen LogP contribution in [0.15, 0.2) is 96.6 Å². The fourth-order valence-corrected chi connectivity index (χ4v) is 4.73. The van der Waals surface area contributed by atoms with Gasteiger partial charge in [0.25, 0.3) is 11.7 Å². The fourth-order valence-electron chi connectivity index (χ4n) is 4.73. The van der Waals surface area contributed by atoms with Crippen LogP contribution in [0.25, 0.3) is 16.5 Å². The summed E-state index contributed by atoms with van der Waals surface area (Å²) in [7, 11) is 3.89. The average molecular weight is 493 g/mol. The Bertz CT molecular complexity index is 1500. The molecule has 5 rings (SSSR count). The lowest BCUT2D eigenvalue weighted by Gasteiger charge is -2.26. The van der Waals surface area contributed by atoms with Crippen molar-refractivity contribution in [3.05, 3.63) is 108 Å². The van der Waals surface area contributed by atoms with Gasteiger partial charge in [0.05, 0.1) is 18.2 Å². The minimum absolute atomic E-state index is 0.0618. The van der Waals surface area contributed by atoms with Crippen LogP contribution in [0, 0.1) is 0 Å². The summed E-state index contributed by atoms with van der Waals surface area (Å²) in [6, 6.07) is 27.2. The van der Waals surface area contributed by atoms with Gasteiger partial charge < -0.3 is 14.7 Å². The molecule has 1 aliphatic rings. The molecule has 1 N–H and O–H groups in total. The summed E-state index contributed by atoms with van der Waals surface area (Å²) in [6.07, 6.45) is 0. The molecule has 0 aromatic heterocycles. The number of carbonyl (C=O) groups is 2. The third kappa shape index (κ3) is 4.42. The van der Waals surface area contributed by atoms with Crippen molar-refractivity contribution >= 4 is 39.6 Å². The van der Waals surface area contributed by atoms with E-state index in [2.05, 4.69) is 0 Å². The first kappa shape index (κ1) is 24.1. The molecule has 1 amide bonds. The van der Waals surface area contributed by atoms with Gasteiger partial charge in [0.15, 0.2) is 0 Å². The number of benzene rings is 4. The number of ether oxygens (including phenoxy) is 1. The minimum Gasteiger partial charge on any atom is -0.507 e. The van der Waals surface area contributed by atoms with Gasteiger partial charge in [-0.3, -0.25) is 14.5 Å². The Hall–Kier alpha value is -4.58. The van der Waals surface area contributed by atoms with Gasteiger partial charge in [-0.2, -0.15) is 0 Å². The van der Waals surface area contributed by atoms with E-state index in [0.29, 0.717) is 23.6 Å². The number of aliphatic hydroxyl groups excluding tert-OH is 1. The molecule has 4 aromatic rings. The van der Waals surface area contributed by atoms with E-state index in [4.69, 9.17) is 4.74 Å². The van der Waals surface area contributed by atoms with Crippen LogP contribution in [0.4, 0.5) is 11.4 Å². The van der Waals surface area contributed by atoms with Crippen LogP contribution in [0.1, 0.15) is 24.1 Å². The molecule has 1 fully saturated rings. The number of anilines is 2. The summed E-state index contributed by atoms with van der Waals surface area (Å²) in [4.78, 5) is 30.3. The quantitative estimate of drug-likeness (QED) is 0.205. The molecule has 0 bridgehead atoms. The number of rotatable bonds is 6. The number of carbonyl (C=O) groups excluding carboxylic acids is 2. The number of ketones is 1. The lowest BCUT2D eigenvalue weighted by Crippen LogP contribution is -2.29. The predicted molar refractivity (Wildman–Crippen MR) is 147 cm³/mol. The zero-order valence-corrected chi connectivity index (χ0v) is 21.0. The van der Waals surface area contributed by atoms with Crippen LogP contribution in [-0.4, -0.2) is 37.5 Å². The van der Waals surface area contributed by atoms with E-state index in [-0.39, 0.29) is 11.3 Å². The number of hydrogen-bond donors (Lipinski definition) is 1. The van der Waals surface area contributed by atoms with E-state index in [9.17, 15) is 14.7 Å². The number of Topliss-reactive ketones (excluding diaryl/α,β-unsaturated/α-hetero) is 1. The third-order valence-electron chi connectivity index (χ3n) is 6.62. The van der Waals surface area contributed by atoms with E-state index in [1.54, 1.807) is 30.3 Å². The first-order chi connectivity index (χ1) is 17.9. The maximum absolute atomic E-state index is 13.5. The molecule has 1 aliphatic heterocycles. The van der Waals surface area contributed by atoms with Crippen LogP contribution >= 0.6 is 0 Å². The molecule has 1 atom stereocenters. The Morgan fingerprint density at radius 3 is 2.22 bits per heavy atom. The monoisotopic (exact) mass is 492 g/mol. The van der Waals surface area contributed by atoms with Gasteiger partial charge in [-0.25, -0.2) is 0 Å². The van der Waals surface area contributed by atoms with E-state index in [1.165, 1.54) is 4.90 Å². The molecule has 1 unspecified atom stereocenters. The van der Waals surface area contributed by atoms with Gasteiger partial charge in [0, 0.05) is 31.0 Å². The Morgan fingerprint density at radius 2 is 1.57 bits per heavy atom. The van der Waals surface area contributed by atoms with E-state index in [0.717, 1.165) is 22.0 Å². The standard InChI is InChI=1S/C31H28N2O4/c1-4-37-26-17-15-25(16-18-26)33-28(21-11-13-24(14-12-21)32(2)3)27(30(35)31(33)36)29(34)23-10-9-20-7-5-6-8-22(20)19-23/h5-19,28,34H,4H2,1-3H3/b29-27-. The molecule has 0 saturated carbocycles. The summed E-state index contributed by atoms with van der Waals surface area (Å²) in [5, 5.41) is 13.4. The molecule has 1 saturated heterocycles. The second-order valence-electron chi connectivity index (χ2n) is 9.14. The highest BCUT2D eigenvalue weighted by atomic mass is 16.5. The molecule has 0 radical (unpaired) electrons. The van der Waals surface area contributed by atoms with Crippen molar-refractivity contribution in [2.24, 2.45) is 0 Å². The Labute approximate surface area is 216 Å². The number of amides is 1. The van der Waals surface area contributed by atoms with Crippen molar-refractivity contribution in [3.63, 3.8) is 0 Å². The molecule has 1 heterocycles. The van der Waals surface area contributed by atoms with Gasteiger partial charge in [-0.15, -0.1) is 0 Å². The van der Waals surface area contributed by atoms with Crippen molar-refractivity contribution in [1.29, 1.82) is 0 Å². The van der Waals surface area contributed by atoms with Crippen LogP contribution in [0.3, 0.4) is 0 Å². The predicted octanol–water partition coefficient (Wildman–Crippen LogP) is 5.93. The molecular formula is C31H28N2O4. The van der Waals surface area contributed by atoms with Crippen LogP contribution in [0.2, 0.25) is 0 Å². The van der Waals surface area contributed by atoms with Gasteiger partial charge in [-0.05, 0) is 65.7 Å². The number of aliphatic hydroxyl groups is 1. The first-order valence-electron chi connectivity index (χ1n) is 12.2. The SMILES string of the molecule is CCOc1ccc(N2C(=O)C(=O)/C(=C(\O)c3ccc4ccccc4c3)C2c2ccc(N(C)C)cc2)cc1. The lowest BCUT2D eigenvalue weighted by atomic mass is 9.94.